The van der Waals surface area contributed by atoms with Crippen molar-refractivity contribution >= 4 is 33.1 Å². The number of hydrogen-bond acceptors (Lipinski definition) is 7. The molecule has 1 aliphatic rings. The smallest absolute Gasteiger partial charge is 0.259 e. The summed E-state index contributed by atoms with van der Waals surface area (Å²) in [6, 6.07) is 14.4. The zero-order valence-electron chi connectivity index (χ0n) is 18.4. The fourth-order valence-electron chi connectivity index (χ4n) is 3.94. The minimum Gasteiger partial charge on any atom is -0.463 e. The van der Waals surface area contributed by atoms with Crippen LogP contribution in [0.2, 0.25) is 0 Å². The molecule has 34 heavy (non-hydrogen) atoms. The third-order valence-corrected chi connectivity index (χ3v) is 7.30. The number of aromatic nitrogens is 2. The third-order valence-electron chi connectivity index (χ3n) is 5.74. The molecule has 0 atom stereocenters. The number of fused-ring (bicyclic) bond motifs is 1. The van der Waals surface area contributed by atoms with E-state index in [-0.39, 0.29) is 37.8 Å². The average molecular weight is 479 g/mol. The lowest BCUT2D eigenvalue weighted by Gasteiger charge is -2.33. The molecular formula is C24H22N4O5S. The van der Waals surface area contributed by atoms with E-state index in [0.717, 1.165) is 5.56 Å². The average Bonchev–Trinajstić information content (AvgIpc) is 3.53. The van der Waals surface area contributed by atoms with Gasteiger partial charge in [0.25, 0.3) is 11.6 Å². The van der Waals surface area contributed by atoms with Crippen LogP contribution in [0.3, 0.4) is 0 Å². The molecule has 3 aromatic heterocycles. The molecule has 0 N–H and O–H groups in total. The Labute approximate surface area is 196 Å². The number of nitrogens with zero attached hydrogens (tertiary/aromatic N) is 4. The number of benzene rings is 1. The Bertz CT molecular complexity index is 1450. The highest BCUT2D eigenvalue weighted by Crippen LogP contribution is 2.28. The van der Waals surface area contributed by atoms with Gasteiger partial charge in [0.15, 0.2) is 5.76 Å². The summed E-state index contributed by atoms with van der Waals surface area (Å²) >= 11 is 0. The summed E-state index contributed by atoms with van der Waals surface area (Å²) in [6.07, 6.45) is 3.10. The maximum atomic E-state index is 13.5. The van der Waals surface area contributed by atoms with Gasteiger partial charge in [-0.15, -0.1) is 0 Å². The molecule has 0 radical (unpaired) electrons. The van der Waals surface area contributed by atoms with Gasteiger partial charge in [0.1, 0.15) is 5.69 Å². The largest absolute Gasteiger partial charge is 0.463 e. The third kappa shape index (κ3) is 4.25. The lowest BCUT2D eigenvalue weighted by molar-refractivity contribution is 0.0700. The number of aryl methyl sites for hydroxylation is 1. The normalized spacial score (nSPS) is 15.4. The van der Waals surface area contributed by atoms with Crippen LogP contribution in [-0.4, -0.2) is 59.8 Å². The first-order chi connectivity index (χ1) is 16.4. The molecule has 1 fully saturated rings. The van der Waals surface area contributed by atoms with Gasteiger partial charge in [0, 0.05) is 31.6 Å². The molecule has 0 saturated carbocycles. The number of hydrogen-bond donors (Lipinski definition) is 0. The molecule has 0 aliphatic carbocycles. The first-order valence-electron chi connectivity index (χ1n) is 10.8. The van der Waals surface area contributed by atoms with Crippen LogP contribution in [0.25, 0.3) is 28.6 Å². The maximum Gasteiger partial charge on any atom is 0.259 e. The number of piperazine rings is 1. The minimum atomic E-state index is -3.60. The van der Waals surface area contributed by atoms with E-state index < -0.39 is 10.0 Å². The van der Waals surface area contributed by atoms with E-state index in [1.165, 1.54) is 16.0 Å². The standard InChI is InChI=1S/C24H22N4O5S/c1-17-22-19(16-20(21-8-5-14-32-21)25-23(22)33-26-17)24(29)27-10-12-28(13-11-27)34(30,31)15-9-18-6-3-2-4-7-18/h2-9,14-16H,10-13H2,1H3/b15-9+. The fourth-order valence-corrected chi connectivity index (χ4v) is 5.12. The second-order valence-corrected chi connectivity index (χ2v) is 9.75. The number of sulfonamides is 1. The van der Waals surface area contributed by atoms with Crippen LogP contribution >= 0.6 is 0 Å². The number of pyridine rings is 1. The summed E-state index contributed by atoms with van der Waals surface area (Å²) in [5.74, 6) is 0.273. The van der Waals surface area contributed by atoms with E-state index >= 15 is 0 Å². The highest BCUT2D eigenvalue weighted by molar-refractivity contribution is 7.92. The molecule has 174 valence electrons. The molecule has 0 unspecified atom stereocenters. The number of rotatable bonds is 5. The van der Waals surface area contributed by atoms with E-state index in [1.54, 1.807) is 36.1 Å². The van der Waals surface area contributed by atoms with Crippen molar-refractivity contribution in [2.75, 3.05) is 26.2 Å². The van der Waals surface area contributed by atoms with Gasteiger partial charge >= 0.3 is 0 Å². The lowest BCUT2D eigenvalue weighted by Crippen LogP contribution is -2.50. The summed E-state index contributed by atoms with van der Waals surface area (Å²) < 4.78 is 37.7. The van der Waals surface area contributed by atoms with Crippen LogP contribution < -0.4 is 0 Å². The monoisotopic (exact) mass is 478 g/mol. The summed E-state index contributed by atoms with van der Waals surface area (Å²) in [6.45, 7) is 2.69. The molecule has 9 nitrogen and oxygen atoms in total. The van der Waals surface area contributed by atoms with Crippen LogP contribution in [-0.2, 0) is 10.0 Å². The van der Waals surface area contributed by atoms with Gasteiger partial charge < -0.3 is 13.8 Å². The van der Waals surface area contributed by atoms with Gasteiger partial charge in [0.2, 0.25) is 10.0 Å². The molecule has 4 aromatic rings. The van der Waals surface area contributed by atoms with E-state index in [1.807, 2.05) is 30.3 Å². The van der Waals surface area contributed by atoms with Gasteiger partial charge in [-0.3, -0.25) is 4.79 Å². The summed E-state index contributed by atoms with van der Waals surface area (Å²) in [4.78, 5) is 19.5. The van der Waals surface area contributed by atoms with Crippen molar-refractivity contribution in [2.45, 2.75) is 6.92 Å². The van der Waals surface area contributed by atoms with Crippen molar-refractivity contribution in [3.63, 3.8) is 0 Å². The van der Waals surface area contributed by atoms with Crippen LogP contribution in [0, 0.1) is 6.92 Å². The quantitative estimate of drug-likeness (QED) is 0.431. The zero-order valence-corrected chi connectivity index (χ0v) is 19.2. The second-order valence-electron chi connectivity index (χ2n) is 7.93. The number of furan rings is 1. The second kappa shape index (κ2) is 8.88. The fraction of sp³-hybridized carbons (Fsp3) is 0.208. The van der Waals surface area contributed by atoms with Crippen LogP contribution in [0.1, 0.15) is 21.6 Å². The van der Waals surface area contributed by atoms with Crippen LogP contribution in [0.5, 0.6) is 0 Å². The summed E-state index contributed by atoms with van der Waals surface area (Å²) in [7, 11) is -3.60. The van der Waals surface area contributed by atoms with Gasteiger partial charge in [-0.2, -0.15) is 4.31 Å². The van der Waals surface area contributed by atoms with Crippen molar-refractivity contribution < 1.29 is 22.2 Å². The molecule has 1 saturated heterocycles. The maximum absolute atomic E-state index is 13.5. The zero-order chi connectivity index (χ0) is 23.7. The van der Waals surface area contributed by atoms with Crippen LogP contribution in [0.15, 0.2) is 69.1 Å². The molecule has 0 bridgehead atoms. The van der Waals surface area contributed by atoms with Crippen molar-refractivity contribution in [1.29, 1.82) is 0 Å². The van der Waals surface area contributed by atoms with Crippen molar-refractivity contribution in [3.05, 3.63) is 77.0 Å². The predicted molar refractivity (Wildman–Crippen MR) is 126 cm³/mol. The number of carbonyl (C=O) groups excluding carboxylic acids is 1. The molecule has 1 aliphatic heterocycles. The molecule has 0 spiro atoms. The van der Waals surface area contributed by atoms with Crippen molar-refractivity contribution in [2.24, 2.45) is 0 Å². The Morgan fingerprint density at radius 3 is 2.53 bits per heavy atom. The Kier molecular flexibility index (Phi) is 5.76. The van der Waals surface area contributed by atoms with Crippen LogP contribution in [0.4, 0.5) is 0 Å². The SMILES string of the molecule is Cc1noc2nc(-c3ccco3)cc(C(=O)N3CCN(S(=O)(=O)/C=C/c4ccccc4)CC3)c12. The minimum absolute atomic E-state index is 0.203. The Hall–Kier alpha value is -3.76. The molecule has 5 rings (SSSR count). The Morgan fingerprint density at radius 1 is 1.06 bits per heavy atom. The van der Waals surface area contributed by atoms with Gasteiger partial charge in [0.05, 0.1) is 22.9 Å². The van der Waals surface area contributed by atoms with E-state index in [2.05, 4.69) is 10.1 Å². The first-order valence-corrected chi connectivity index (χ1v) is 12.3. The highest BCUT2D eigenvalue weighted by atomic mass is 32.2. The van der Waals surface area contributed by atoms with Gasteiger partial charge in [-0.05, 0) is 36.8 Å². The van der Waals surface area contributed by atoms with Crippen molar-refractivity contribution in [1.82, 2.24) is 19.3 Å². The van der Waals surface area contributed by atoms with Crippen molar-refractivity contribution in [3.8, 4) is 11.5 Å². The van der Waals surface area contributed by atoms with E-state index in [4.69, 9.17) is 8.94 Å². The number of amides is 1. The summed E-state index contributed by atoms with van der Waals surface area (Å²) in [5.41, 5.74) is 2.48. The molecule has 4 heterocycles. The first kappa shape index (κ1) is 22.1. The number of carbonyl (C=O) groups is 1. The van der Waals surface area contributed by atoms with E-state index in [9.17, 15) is 13.2 Å². The highest BCUT2D eigenvalue weighted by Gasteiger charge is 2.30. The molecule has 10 heteroatoms. The summed E-state index contributed by atoms with van der Waals surface area (Å²) in [5, 5.41) is 5.72. The molecule has 1 aromatic carbocycles. The van der Waals surface area contributed by atoms with Gasteiger partial charge in [-0.25, -0.2) is 13.4 Å². The Balaban J connectivity index is 1.35. The Morgan fingerprint density at radius 2 is 1.82 bits per heavy atom. The molecular weight excluding hydrogens is 456 g/mol. The lowest BCUT2D eigenvalue weighted by atomic mass is 10.1. The van der Waals surface area contributed by atoms with Gasteiger partial charge in [-0.1, -0.05) is 35.5 Å². The molecule has 1 amide bonds. The van der Waals surface area contributed by atoms with E-state index in [0.29, 0.717) is 28.1 Å². The topological polar surface area (TPSA) is 110 Å². The predicted octanol–water partition coefficient (Wildman–Crippen LogP) is 3.55.